The molecule has 0 aliphatic heterocycles. The van der Waals surface area contributed by atoms with Crippen molar-refractivity contribution in [1.29, 1.82) is 0 Å². The largest absolute Gasteiger partial charge is 0.463 e. The van der Waals surface area contributed by atoms with Gasteiger partial charge in [-0.25, -0.2) is 0 Å². The number of methoxy groups -OCH3 is 1. The molecule has 0 aromatic heterocycles. The van der Waals surface area contributed by atoms with E-state index in [4.69, 9.17) is 15.2 Å². The van der Waals surface area contributed by atoms with Crippen molar-refractivity contribution in [2.45, 2.75) is 32.2 Å². The Labute approximate surface area is 79.4 Å². The summed E-state index contributed by atoms with van der Waals surface area (Å²) in [5.74, 6) is -0.169. The van der Waals surface area contributed by atoms with E-state index in [2.05, 4.69) is 0 Å². The third kappa shape index (κ3) is 9.30. The van der Waals surface area contributed by atoms with Crippen molar-refractivity contribution in [3.63, 3.8) is 0 Å². The van der Waals surface area contributed by atoms with Crippen LogP contribution in [0.4, 0.5) is 0 Å². The molecule has 0 spiro atoms. The second-order valence-electron chi connectivity index (χ2n) is 3.08. The van der Waals surface area contributed by atoms with Gasteiger partial charge in [0.1, 0.15) is 6.61 Å². The number of hydrogen-bond acceptors (Lipinski definition) is 4. The highest BCUT2D eigenvalue weighted by Crippen LogP contribution is 1.99. The van der Waals surface area contributed by atoms with E-state index in [1.165, 1.54) is 0 Å². The van der Waals surface area contributed by atoms with E-state index in [0.29, 0.717) is 19.6 Å². The second kappa shape index (κ2) is 8.01. The number of nitrogens with two attached hydrogens (primary N) is 1. The van der Waals surface area contributed by atoms with Gasteiger partial charge in [0.05, 0.1) is 6.61 Å². The molecule has 0 aromatic rings. The lowest BCUT2D eigenvalue weighted by atomic mass is 10.1. The first kappa shape index (κ1) is 12.4. The van der Waals surface area contributed by atoms with Gasteiger partial charge in [0, 0.05) is 19.6 Å². The summed E-state index contributed by atoms with van der Waals surface area (Å²) >= 11 is 0. The minimum absolute atomic E-state index is 0.159. The molecule has 4 heteroatoms. The van der Waals surface area contributed by atoms with Gasteiger partial charge >= 0.3 is 5.97 Å². The predicted octanol–water partition coefficient (Wildman–Crippen LogP) is 0.694. The number of esters is 1. The van der Waals surface area contributed by atoms with E-state index < -0.39 is 0 Å². The molecule has 78 valence electrons. The summed E-state index contributed by atoms with van der Waals surface area (Å²) in [5, 5.41) is 0. The SMILES string of the molecule is COCCOC(=O)CCCC(C)N. The van der Waals surface area contributed by atoms with Crippen LogP contribution in [0.2, 0.25) is 0 Å². The van der Waals surface area contributed by atoms with Gasteiger partial charge in [-0.05, 0) is 19.8 Å². The smallest absolute Gasteiger partial charge is 0.305 e. The topological polar surface area (TPSA) is 61.5 Å². The summed E-state index contributed by atoms with van der Waals surface area (Å²) in [6, 6.07) is 0.159. The van der Waals surface area contributed by atoms with Crippen molar-refractivity contribution in [1.82, 2.24) is 0 Å². The predicted molar refractivity (Wildman–Crippen MR) is 50.3 cm³/mol. The molecule has 0 heterocycles. The fourth-order valence-corrected chi connectivity index (χ4v) is 0.879. The average molecular weight is 189 g/mol. The number of ether oxygens (including phenoxy) is 2. The van der Waals surface area contributed by atoms with Crippen LogP contribution in [0.1, 0.15) is 26.2 Å². The van der Waals surface area contributed by atoms with E-state index in [1.54, 1.807) is 7.11 Å². The summed E-state index contributed by atoms with van der Waals surface area (Å²) in [5.41, 5.74) is 5.53. The third-order valence-corrected chi connectivity index (χ3v) is 1.59. The lowest BCUT2D eigenvalue weighted by Gasteiger charge is -2.05. The zero-order valence-electron chi connectivity index (χ0n) is 8.41. The number of carbonyl (C=O) groups excluding carboxylic acids is 1. The summed E-state index contributed by atoms with van der Waals surface area (Å²) in [7, 11) is 1.57. The zero-order chi connectivity index (χ0) is 10.1. The molecule has 0 aliphatic rings. The van der Waals surface area contributed by atoms with Gasteiger partial charge in [-0.1, -0.05) is 0 Å². The Morgan fingerprint density at radius 1 is 1.46 bits per heavy atom. The van der Waals surface area contributed by atoms with Crippen LogP contribution in [-0.2, 0) is 14.3 Å². The van der Waals surface area contributed by atoms with Gasteiger partial charge < -0.3 is 15.2 Å². The van der Waals surface area contributed by atoms with Gasteiger partial charge in [0.25, 0.3) is 0 Å². The third-order valence-electron chi connectivity index (χ3n) is 1.59. The summed E-state index contributed by atoms with van der Waals surface area (Å²) in [6.45, 7) is 2.72. The quantitative estimate of drug-likeness (QED) is 0.473. The van der Waals surface area contributed by atoms with Crippen molar-refractivity contribution in [2.24, 2.45) is 5.73 Å². The Hall–Kier alpha value is -0.610. The fourth-order valence-electron chi connectivity index (χ4n) is 0.879. The summed E-state index contributed by atoms with van der Waals surface area (Å²) in [4.78, 5) is 11.0. The molecule has 0 radical (unpaired) electrons. The van der Waals surface area contributed by atoms with E-state index in [0.717, 1.165) is 12.8 Å². The van der Waals surface area contributed by atoms with Crippen molar-refractivity contribution in [2.75, 3.05) is 20.3 Å². The monoisotopic (exact) mass is 189 g/mol. The van der Waals surface area contributed by atoms with Gasteiger partial charge in [0.15, 0.2) is 0 Å². The molecule has 0 bridgehead atoms. The molecule has 0 saturated heterocycles. The maximum absolute atomic E-state index is 11.0. The molecule has 4 nitrogen and oxygen atoms in total. The van der Waals surface area contributed by atoms with Crippen LogP contribution in [0.5, 0.6) is 0 Å². The van der Waals surface area contributed by atoms with Crippen molar-refractivity contribution >= 4 is 5.97 Å². The van der Waals surface area contributed by atoms with Crippen LogP contribution in [0.15, 0.2) is 0 Å². The molecular formula is C9H19NO3. The fraction of sp³-hybridized carbons (Fsp3) is 0.889. The van der Waals surface area contributed by atoms with Gasteiger partial charge in [-0.3, -0.25) is 4.79 Å². The van der Waals surface area contributed by atoms with Crippen LogP contribution < -0.4 is 5.73 Å². The van der Waals surface area contributed by atoms with E-state index in [1.807, 2.05) is 6.92 Å². The van der Waals surface area contributed by atoms with Gasteiger partial charge in [-0.2, -0.15) is 0 Å². The maximum atomic E-state index is 11.0. The lowest BCUT2D eigenvalue weighted by Crippen LogP contribution is -2.15. The Kier molecular flexibility index (Phi) is 7.63. The summed E-state index contributed by atoms with van der Waals surface area (Å²) < 4.78 is 9.60. The van der Waals surface area contributed by atoms with Gasteiger partial charge in [0.2, 0.25) is 0 Å². The normalized spacial score (nSPS) is 12.5. The summed E-state index contributed by atoms with van der Waals surface area (Å²) in [6.07, 6.45) is 2.11. The molecule has 1 unspecified atom stereocenters. The molecule has 13 heavy (non-hydrogen) atoms. The Morgan fingerprint density at radius 3 is 2.69 bits per heavy atom. The number of rotatable bonds is 7. The first-order chi connectivity index (χ1) is 6.16. The van der Waals surface area contributed by atoms with Crippen molar-refractivity contribution in [3.05, 3.63) is 0 Å². The standard InChI is InChI=1S/C9H19NO3/c1-8(10)4-3-5-9(11)13-7-6-12-2/h8H,3-7,10H2,1-2H3. The highest BCUT2D eigenvalue weighted by molar-refractivity contribution is 5.69. The van der Waals surface area contributed by atoms with E-state index in [9.17, 15) is 4.79 Å². The van der Waals surface area contributed by atoms with E-state index in [-0.39, 0.29) is 12.0 Å². The zero-order valence-corrected chi connectivity index (χ0v) is 8.41. The Bertz CT molecular complexity index is 137. The highest BCUT2D eigenvalue weighted by atomic mass is 16.6. The van der Waals surface area contributed by atoms with Gasteiger partial charge in [-0.15, -0.1) is 0 Å². The highest BCUT2D eigenvalue weighted by Gasteiger charge is 2.02. The van der Waals surface area contributed by atoms with Crippen LogP contribution >= 0.6 is 0 Å². The molecular weight excluding hydrogens is 170 g/mol. The molecule has 1 atom stereocenters. The van der Waals surface area contributed by atoms with Crippen LogP contribution in [0.3, 0.4) is 0 Å². The lowest BCUT2D eigenvalue weighted by molar-refractivity contribution is -0.145. The average Bonchev–Trinajstić information content (AvgIpc) is 2.04. The Morgan fingerprint density at radius 2 is 2.15 bits per heavy atom. The molecule has 0 rings (SSSR count). The molecule has 0 aliphatic carbocycles. The Balaban J connectivity index is 3.20. The second-order valence-corrected chi connectivity index (χ2v) is 3.08. The van der Waals surface area contributed by atoms with Crippen LogP contribution in [0.25, 0.3) is 0 Å². The maximum Gasteiger partial charge on any atom is 0.305 e. The minimum atomic E-state index is -0.169. The van der Waals surface area contributed by atoms with Crippen molar-refractivity contribution < 1.29 is 14.3 Å². The van der Waals surface area contributed by atoms with E-state index >= 15 is 0 Å². The molecule has 0 aromatic carbocycles. The first-order valence-electron chi connectivity index (χ1n) is 4.57. The molecule has 0 amide bonds. The number of hydrogen-bond donors (Lipinski definition) is 1. The van der Waals surface area contributed by atoms with Crippen LogP contribution in [-0.4, -0.2) is 32.3 Å². The van der Waals surface area contributed by atoms with Crippen molar-refractivity contribution in [3.8, 4) is 0 Å². The van der Waals surface area contributed by atoms with Crippen LogP contribution in [0, 0.1) is 0 Å². The molecule has 0 fully saturated rings. The molecule has 0 saturated carbocycles. The first-order valence-corrected chi connectivity index (χ1v) is 4.57. The minimum Gasteiger partial charge on any atom is -0.463 e. The molecule has 2 N–H and O–H groups in total. The number of carbonyl (C=O) groups is 1.